The fraction of sp³-hybridized carbons (Fsp3) is 0.941. The first-order chi connectivity index (χ1) is 10.1. The first-order valence-electron chi connectivity index (χ1n) is 8.72. The molecule has 1 N–H and O–H groups in total. The number of hydrogen-bond donors (Lipinski definition) is 1. The summed E-state index contributed by atoms with van der Waals surface area (Å²) < 4.78 is 0. The third-order valence-electron chi connectivity index (χ3n) is 5.33. The first kappa shape index (κ1) is 16.7. The van der Waals surface area contributed by atoms with Crippen LogP contribution >= 0.6 is 0 Å². The lowest BCUT2D eigenvalue weighted by Gasteiger charge is -2.42. The normalized spacial score (nSPS) is 26.4. The van der Waals surface area contributed by atoms with E-state index in [-0.39, 0.29) is 0 Å². The lowest BCUT2D eigenvalue weighted by atomic mass is 9.94. The minimum atomic E-state index is -0.392. The first-order valence-corrected chi connectivity index (χ1v) is 8.72. The molecule has 0 amide bonds. The van der Waals surface area contributed by atoms with E-state index in [0.29, 0.717) is 6.04 Å². The number of piperazine rings is 1. The highest BCUT2D eigenvalue weighted by molar-refractivity contribution is 5.05. The summed E-state index contributed by atoms with van der Waals surface area (Å²) in [6.45, 7) is 12.0. The van der Waals surface area contributed by atoms with Crippen LogP contribution in [0.25, 0.3) is 0 Å². The quantitative estimate of drug-likeness (QED) is 0.815. The Balaban J connectivity index is 1.79. The molecule has 2 fully saturated rings. The molecule has 2 rings (SSSR count). The van der Waals surface area contributed by atoms with E-state index < -0.39 is 5.54 Å². The SMILES string of the molecule is CCNC(C)(C#N)CC(C)N1CCN(C2CCCC2)CC1. The average molecular weight is 292 g/mol. The lowest BCUT2D eigenvalue weighted by molar-refractivity contribution is 0.0670. The van der Waals surface area contributed by atoms with Crippen LogP contribution < -0.4 is 5.32 Å². The second kappa shape index (κ2) is 7.58. The maximum atomic E-state index is 9.41. The summed E-state index contributed by atoms with van der Waals surface area (Å²) in [4.78, 5) is 5.27. The van der Waals surface area contributed by atoms with Crippen molar-refractivity contribution in [1.82, 2.24) is 15.1 Å². The Kier molecular flexibility index (Phi) is 6.04. The highest BCUT2D eigenvalue weighted by Gasteiger charge is 2.31. The molecule has 1 saturated heterocycles. The third kappa shape index (κ3) is 4.42. The van der Waals surface area contributed by atoms with Gasteiger partial charge in [0.25, 0.3) is 0 Å². The predicted octanol–water partition coefficient (Wildman–Crippen LogP) is 2.22. The molecule has 1 aliphatic heterocycles. The Bertz CT molecular complexity index is 350. The van der Waals surface area contributed by atoms with Crippen LogP contribution in [0.3, 0.4) is 0 Å². The number of hydrogen-bond acceptors (Lipinski definition) is 4. The molecule has 0 aromatic heterocycles. The van der Waals surface area contributed by atoms with E-state index in [0.717, 1.165) is 32.1 Å². The maximum absolute atomic E-state index is 9.41. The van der Waals surface area contributed by atoms with Crippen LogP contribution in [0.1, 0.15) is 52.9 Å². The van der Waals surface area contributed by atoms with Crippen LogP contribution in [-0.2, 0) is 0 Å². The van der Waals surface area contributed by atoms with E-state index in [9.17, 15) is 5.26 Å². The highest BCUT2D eigenvalue weighted by atomic mass is 15.3. The van der Waals surface area contributed by atoms with Crippen molar-refractivity contribution in [1.29, 1.82) is 5.26 Å². The van der Waals surface area contributed by atoms with Crippen LogP contribution in [0.2, 0.25) is 0 Å². The second-order valence-electron chi connectivity index (χ2n) is 7.04. The van der Waals surface area contributed by atoms with Gasteiger partial charge in [-0.05, 0) is 39.7 Å². The van der Waals surface area contributed by atoms with Gasteiger partial charge >= 0.3 is 0 Å². The van der Waals surface area contributed by atoms with Crippen molar-refractivity contribution in [3.63, 3.8) is 0 Å². The van der Waals surface area contributed by atoms with Gasteiger partial charge in [0.05, 0.1) is 6.07 Å². The minimum absolute atomic E-state index is 0.392. The Labute approximate surface area is 130 Å². The molecule has 21 heavy (non-hydrogen) atoms. The van der Waals surface area contributed by atoms with Crippen molar-refractivity contribution in [2.75, 3.05) is 32.7 Å². The number of nitriles is 1. The molecule has 1 heterocycles. The number of nitrogens with one attached hydrogen (secondary N) is 1. The summed E-state index contributed by atoms with van der Waals surface area (Å²) in [5.74, 6) is 0. The topological polar surface area (TPSA) is 42.3 Å². The third-order valence-corrected chi connectivity index (χ3v) is 5.33. The summed E-state index contributed by atoms with van der Waals surface area (Å²) in [5.41, 5.74) is -0.392. The van der Waals surface area contributed by atoms with Crippen LogP contribution in [-0.4, -0.2) is 60.1 Å². The molecule has 0 spiro atoms. The largest absolute Gasteiger partial charge is 0.300 e. The van der Waals surface area contributed by atoms with Crippen molar-refractivity contribution in [3.8, 4) is 6.07 Å². The van der Waals surface area contributed by atoms with E-state index in [2.05, 4.69) is 35.0 Å². The van der Waals surface area contributed by atoms with Gasteiger partial charge in [-0.3, -0.25) is 15.1 Å². The van der Waals surface area contributed by atoms with Crippen LogP contribution in [0.5, 0.6) is 0 Å². The Morgan fingerprint density at radius 1 is 1.24 bits per heavy atom. The molecule has 1 aliphatic carbocycles. The summed E-state index contributed by atoms with van der Waals surface area (Å²) in [6.07, 6.45) is 6.56. The van der Waals surface area contributed by atoms with E-state index in [1.54, 1.807) is 0 Å². The van der Waals surface area contributed by atoms with Gasteiger partial charge in [-0.2, -0.15) is 5.26 Å². The predicted molar refractivity (Wildman–Crippen MR) is 87.2 cm³/mol. The summed E-state index contributed by atoms with van der Waals surface area (Å²) in [6, 6.07) is 3.78. The highest BCUT2D eigenvalue weighted by Crippen LogP contribution is 2.25. The zero-order chi connectivity index (χ0) is 15.3. The van der Waals surface area contributed by atoms with E-state index in [4.69, 9.17) is 0 Å². The Hall–Kier alpha value is -0.630. The molecule has 0 aromatic rings. The zero-order valence-electron chi connectivity index (χ0n) is 14.1. The minimum Gasteiger partial charge on any atom is -0.300 e. The fourth-order valence-corrected chi connectivity index (χ4v) is 4.08. The molecule has 0 radical (unpaired) electrons. The fourth-order valence-electron chi connectivity index (χ4n) is 4.08. The van der Waals surface area contributed by atoms with Gasteiger partial charge in [0.15, 0.2) is 0 Å². The van der Waals surface area contributed by atoms with Gasteiger partial charge in [-0.15, -0.1) is 0 Å². The average Bonchev–Trinajstić information content (AvgIpc) is 3.02. The molecule has 4 nitrogen and oxygen atoms in total. The van der Waals surface area contributed by atoms with Gasteiger partial charge in [0.2, 0.25) is 0 Å². The van der Waals surface area contributed by atoms with Crippen LogP contribution in [0, 0.1) is 11.3 Å². The smallest absolute Gasteiger partial charge is 0.105 e. The van der Waals surface area contributed by atoms with Gasteiger partial charge in [0.1, 0.15) is 5.54 Å². The summed E-state index contributed by atoms with van der Waals surface area (Å²) in [7, 11) is 0. The molecule has 1 saturated carbocycles. The molecular weight excluding hydrogens is 260 g/mol. The molecule has 2 unspecified atom stereocenters. The van der Waals surface area contributed by atoms with E-state index in [1.165, 1.54) is 38.8 Å². The van der Waals surface area contributed by atoms with Crippen molar-refractivity contribution in [2.24, 2.45) is 0 Å². The molecule has 0 bridgehead atoms. The summed E-state index contributed by atoms with van der Waals surface area (Å²) >= 11 is 0. The van der Waals surface area contributed by atoms with Gasteiger partial charge in [-0.1, -0.05) is 19.8 Å². The molecule has 2 atom stereocenters. The maximum Gasteiger partial charge on any atom is 0.105 e. The van der Waals surface area contributed by atoms with Crippen molar-refractivity contribution < 1.29 is 0 Å². The van der Waals surface area contributed by atoms with Crippen molar-refractivity contribution >= 4 is 0 Å². The Morgan fingerprint density at radius 2 is 1.86 bits per heavy atom. The summed E-state index contributed by atoms with van der Waals surface area (Å²) in [5, 5.41) is 12.7. The lowest BCUT2D eigenvalue weighted by Crippen LogP contribution is -2.54. The van der Waals surface area contributed by atoms with Crippen molar-refractivity contribution in [3.05, 3.63) is 0 Å². The van der Waals surface area contributed by atoms with Gasteiger partial charge < -0.3 is 0 Å². The number of nitrogens with zero attached hydrogens (tertiary/aromatic N) is 3. The monoisotopic (exact) mass is 292 g/mol. The van der Waals surface area contributed by atoms with E-state index in [1.807, 2.05) is 6.92 Å². The van der Waals surface area contributed by atoms with Gasteiger partial charge in [-0.25, -0.2) is 0 Å². The zero-order valence-corrected chi connectivity index (χ0v) is 14.1. The second-order valence-corrected chi connectivity index (χ2v) is 7.04. The molecule has 120 valence electrons. The molecule has 0 aromatic carbocycles. The van der Waals surface area contributed by atoms with Crippen LogP contribution in [0.4, 0.5) is 0 Å². The molecular formula is C17H32N4. The standard InChI is InChI=1S/C17H32N4/c1-4-19-17(3,14-18)13-15(2)20-9-11-21(12-10-20)16-7-5-6-8-16/h15-16,19H,4-13H2,1-3H3. The van der Waals surface area contributed by atoms with Crippen LogP contribution in [0.15, 0.2) is 0 Å². The Morgan fingerprint density at radius 3 is 2.38 bits per heavy atom. The molecule has 4 heteroatoms. The van der Waals surface area contributed by atoms with E-state index >= 15 is 0 Å². The van der Waals surface area contributed by atoms with Crippen molar-refractivity contribution in [2.45, 2.75) is 70.5 Å². The molecule has 2 aliphatic rings. The number of rotatable bonds is 6. The van der Waals surface area contributed by atoms with Gasteiger partial charge in [0, 0.05) is 38.3 Å².